The summed E-state index contributed by atoms with van der Waals surface area (Å²) in [7, 11) is 0.915. The summed E-state index contributed by atoms with van der Waals surface area (Å²) >= 11 is 4.79. The topological polar surface area (TPSA) is 44.8 Å². The minimum Gasteiger partial charge on any atom is -0.465 e. The Kier molecular flexibility index (Phi) is 4.10. The van der Waals surface area contributed by atoms with E-state index in [0.29, 0.717) is 4.88 Å². The lowest BCUT2D eigenvalue weighted by molar-refractivity contribution is 0.00578. The number of carbonyl (C=O) groups is 1. The third kappa shape index (κ3) is 2.45. The van der Waals surface area contributed by atoms with Gasteiger partial charge in [-0.3, -0.25) is 0 Å². The van der Waals surface area contributed by atoms with E-state index in [9.17, 15) is 4.79 Å². The third-order valence-corrected chi connectivity index (χ3v) is 6.50. The van der Waals surface area contributed by atoms with E-state index in [0.717, 1.165) is 14.8 Å². The van der Waals surface area contributed by atoms with Crippen molar-refractivity contribution < 1.29 is 18.8 Å². The van der Waals surface area contributed by atoms with Crippen molar-refractivity contribution in [2.45, 2.75) is 45.8 Å². The molecule has 1 aliphatic rings. The van der Waals surface area contributed by atoms with Crippen molar-refractivity contribution >= 4 is 45.1 Å². The maximum absolute atomic E-state index is 11.7. The van der Waals surface area contributed by atoms with Crippen LogP contribution in [0.15, 0.2) is 4.47 Å². The number of hydrogen-bond acceptors (Lipinski definition) is 5. The maximum atomic E-state index is 11.7. The maximum Gasteiger partial charge on any atom is 0.505 e. The van der Waals surface area contributed by atoms with Crippen molar-refractivity contribution in [3.8, 4) is 0 Å². The average Bonchev–Trinajstić information content (AvgIpc) is 2.74. The number of esters is 1. The molecule has 0 saturated carbocycles. The van der Waals surface area contributed by atoms with E-state index in [4.69, 9.17) is 14.0 Å². The van der Waals surface area contributed by atoms with Gasteiger partial charge in [0.25, 0.3) is 0 Å². The molecule has 1 aliphatic heterocycles. The normalized spacial score (nSPS) is 20.2. The fourth-order valence-corrected chi connectivity index (χ4v) is 3.74. The first-order valence-electron chi connectivity index (χ1n) is 6.33. The summed E-state index contributed by atoms with van der Waals surface area (Å²) in [6.07, 6.45) is 0. The molecule has 20 heavy (non-hydrogen) atoms. The van der Waals surface area contributed by atoms with Gasteiger partial charge in [-0.2, -0.15) is 0 Å². The average molecular weight is 361 g/mol. The first-order valence-corrected chi connectivity index (χ1v) is 7.94. The molecular weight excluding hydrogens is 343 g/mol. The SMILES string of the molecule is COC(=O)c1sc(B2OC(C)(C)C(C)(C)O2)c(C)c1Br. The van der Waals surface area contributed by atoms with Crippen molar-refractivity contribution in [1.29, 1.82) is 0 Å². The molecule has 110 valence electrons. The number of halogens is 1. The van der Waals surface area contributed by atoms with Gasteiger partial charge in [-0.25, -0.2) is 4.79 Å². The Hall–Kier alpha value is -0.365. The van der Waals surface area contributed by atoms with Crippen LogP contribution in [-0.2, 0) is 14.0 Å². The van der Waals surface area contributed by atoms with E-state index in [1.165, 1.54) is 18.4 Å². The number of ether oxygens (including phenoxy) is 1. The predicted molar refractivity (Wildman–Crippen MR) is 83.8 cm³/mol. The zero-order chi connectivity index (χ0) is 15.3. The second-order valence-electron chi connectivity index (χ2n) is 5.81. The molecule has 1 aromatic heterocycles. The highest BCUT2D eigenvalue weighted by Gasteiger charge is 2.53. The van der Waals surface area contributed by atoms with Crippen LogP contribution in [0.5, 0.6) is 0 Å². The highest BCUT2D eigenvalue weighted by atomic mass is 79.9. The van der Waals surface area contributed by atoms with Gasteiger partial charge in [-0.05, 0) is 56.1 Å². The number of methoxy groups -OCH3 is 1. The first-order chi connectivity index (χ1) is 9.10. The summed E-state index contributed by atoms with van der Waals surface area (Å²) in [6, 6.07) is 0. The summed E-state index contributed by atoms with van der Waals surface area (Å²) in [5.41, 5.74) is 0.159. The van der Waals surface area contributed by atoms with Crippen LogP contribution in [0.1, 0.15) is 42.9 Å². The Bertz CT molecular complexity index is 537. The van der Waals surface area contributed by atoms with Crippen molar-refractivity contribution in [1.82, 2.24) is 0 Å². The van der Waals surface area contributed by atoms with Gasteiger partial charge in [0.1, 0.15) is 4.88 Å². The summed E-state index contributed by atoms with van der Waals surface area (Å²) < 4.78 is 18.5. The van der Waals surface area contributed by atoms with Gasteiger partial charge >= 0.3 is 13.1 Å². The minimum absolute atomic E-state index is 0.354. The van der Waals surface area contributed by atoms with E-state index in [1.807, 2.05) is 34.6 Å². The van der Waals surface area contributed by atoms with E-state index in [-0.39, 0.29) is 5.97 Å². The van der Waals surface area contributed by atoms with Crippen LogP contribution in [0, 0.1) is 6.92 Å². The number of thiophene rings is 1. The van der Waals surface area contributed by atoms with Gasteiger partial charge in [-0.15, -0.1) is 11.3 Å². The Morgan fingerprint density at radius 2 is 1.75 bits per heavy atom. The van der Waals surface area contributed by atoms with Gasteiger partial charge in [-0.1, -0.05) is 0 Å². The standard InChI is InChI=1S/C13H18BBrO4S/c1-7-8(15)9(11(16)17-6)20-10(7)14-18-12(2,3)13(4,5)19-14/h1-6H3. The van der Waals surface area contributed by atoms with Crippen LogP contribution in [0.3, 0.4) is 0 Å². The van der Waals surface area contributed by atoms with Gasteiger partial charge in [0.2, 0.25) is 0 Å². The molecule has 0 aromatic carbocycles. The van der Waals surface area contributed by atoms with Crippen LogP contribution >= 0.6 is 27.3 Å². The molecule has 1 aromatic rings. The monoisotopic (exact) mass is 360 g/mol. The van der Waals surface area contributed by atoms with E-state index < -0.39 is 18.3 Å². The minimum atomic E-state index is -0.459. The van der Waals surface area contributed by atoms with Crippen molar-refractivity contribution in [2.24, 2.45) is 0 Å². The highest BCUT2D eigenvalue weighted by molar-refractivity contribution is 9.10. The molecule has 0 bridgehead atoms. The lowest BCUT2D eigenvalue weighted by Crippen LogP contribution is -2.41. The zero-order valence-electron chi connectivity index (χ0n) is 12.5. The van der Waals surface area contributed by atoms with Gasteiger partial charge in [0.15, 0.2) is 0 Å². The van der Waals surface area contributed by atoms with Crippen molar-refractivity contribution in [2.75, 3.05) is 7.11 Å². The second-order valence-corrected chi connectivity index (χ2v) is 7.66. The van der Waals surface area contributed by atoms with E-state index in [2.05, 4.69) is 15.9 Å². The Morgan fingerprint density at radius 3 is 2.20 bits per heavy atom. The van der Waals surface area contributed by atoms with Gasteiger partial charge in [0.05, 0.1) is 18.3 Å². The molecule has 0 spiro atoms. The van der Waals surface area contributed by atoms with Crippen molar-refractivity contribution in [3.63, 3.8) is 0 Å². The van der Waals surface area contributed by atoms with E-state index in [1.54, 1.807) is 0 Å². The van der Waals surface area contributed by atoms with Gasteiger partial charge in [0, 0.05) is 9.25 Å². The molecule has 0 unspecified atom stereocenters. The number of hydrogen-bond donors (Lipinski definition) is 0. The van der Waals surface area contributed by atoms with Crippen LogP contribution in [-0.4, -0.2) is 31.4 Å². The zero-order valence-corrected chi connectivity index (χ0v) is 14.9. The van der Waals surface area contributed by atoms with Crippen LogP contribution in [0.2, 0.25) is 0 Å². The lowest BCUT2D eigenvalue weighted by atomic mass is 9.85. The summed E-state index contributed by atoms with van der Waals surface area (Å²) in [4.78, 5) is 12.3. The summed E-state index contributed by atoms with van der Waals surface area (Å²) in [5, 5.41) is 0. The first kappa shape index (κ1) is 16.0. The molecular formula is C13H18BBrO4S. The molecule has 4 nitrogen and oxygen atoms in total. The smallest absolute Gasteiger partial charge is 0.465 e. The van der Waals surface area contributed by atoms with Crippen LogP contribution in [0.4, 0.5) is 0 Å². The van der Waals surface area contributed by atoms with Crippen LogP contribution in [0.25, 0.3) is 0 Å². The number of carbonyl (C=O) groups excluding carboxylic acids is 1. The second kappa shape index (κ2) is 5.12. The summed E-state index contributed by atoms with van der Waals surface area (Å²) in [6.45, 7) is 9.96. The van der Waals surface area contributed by atoms with E-state index >= 15 is 0 Å². The van der Waals surface area contributed by atoms with Gasteiger partial charge < -0.3 is 14.0 Å². The highest BCUT2D eigenvalue weighted by Crippen LogP contribution is 2.38. The van der Waals surface area contributed by atoms with Crippen molar-refractivity contribution in [3.05, 3.63) is 14.9 Å². The fourth-order valence-electron chi connectivity index (χ4n) is 1.91. The quantitative estimate of drug-likeness (QED) is 0.600. The summed E-state index contributed by atoms with van der Waals surface area (Å²) in [5.74, 6) is -0.354. The Morgan fingerprint density at radius 1 is 1.25 bits per heavy atom. The lowest BCUT2D eigenvalue weighted by Gasteiger charge is -2.32. The molecule has 7 heteroatoms. The molecule has 0 radical (unpaired) electrons. The molecule has 2 heterocycles. The molecule has 0 atom stereocenters. The molecule has 0 N–H and O–H groups in total. The largest absolute Gasteiger partial charge is 0.505 e. The molecule has 0 amide bonds. The third-order valence-electron chi connectivity index (χ3n) is 3.95. The molecule has 1 fully saturated rings. The van der Waals surface area contributed by atoms with Crippen LogP contribution < -0.4 is 4.78 Å². The fraction of sp³-hybridized carbons (Fsp3) is 0.615. The molecule has 1 saturated heterocycles. The Balaban J connectivity index is 2.39. The predicted octanol–water partition coefficient (Wildman–Crippen LogP) is 2.90. The Labute approximate surface area is 132 Å². The molecule has 2 rings (SSSR count). The molecule has 0 aliphatic carbocycles. The number of rotatable bonds is 2.